The predicted octanol–water partition coefficient (Wildman–Crippen LogP) is -0.491. The van der Waals surface area contributed by atoms with E-state index in [2.05, 4.69) is 10.6 Å². The van der Waals surface area contributed by atoms with E-state index in [1.54, 1.807) is 0 Å². The van der Waals surface area contributed by atoms with Gasteiger partial charge in [0.1, 0.15) is 6.04 Å². The van der Waals surface area contributed by atoms with Crippen LogP contribution < -0.4 is 10.6 Å². The van der Waals surface area contributed by atoms with E-state index in [1.165, 1.54) is 7.11 Å². The van der Waals surface area contributed by atoms with Crippen LogP contribution in [0.5, 0.6) is 0 Å². The summed E-state index contributed by atoms with van der Waals surface area (Å²) < 4.78 is 4.75. The molecule has 0 aliphatic heterocycles. The molecule has 0 bridgehead atoms. The van der Waals surface area contributed by atoms with Crippen molar-refractivity contribution in [2.45, 2.75) is 32.2 Å². The van der Waals surface area contributed by atoms with Gasteiger partial charge >= 0.3 is 5.97 Å². The molecule has 7 heteroatoms. The normalized spacial score (nSPS) is 11.7. The van der Waals surface area contributed by atoms with Crippen molar-refractivity contribution in [3.05, 3.63) is 0 Å². The number of rotatable bonds is 9. The van der Waals surface area contributed by atoms with Crippen LogP contribution in [0.15, 0.2) is 0 Å². The Balaban J connectivity index is 4.02. The van der Waals surface area contributed by atoms with Crippen molar-refractivity contribution >= 4 is 17.8 Å². The molecule has 3 N–H and O–H groups in total. The molecule has 0 heterocycles. The van der Waals surface area contributed by atoms with Gasteiger partial charge in [-0.05, 0) is 6.42 Å². The number of ether oxygens (including phenoxy) is 1. The third-order valence-corrected chi connectivity index (χ3v) is 2.17. The summed E-state index contributed by atoms with van der Waals surface area (Å²) in [7, 11) is 1.45. The number of nitrogens with one attached hydrogen (secondary N) is 2. The second-order valence-electron chi connectivity index (χ2n) is 3.77. The number of amides is 2. The van der Waals surface area contributed by atoms with Crippen molar-refractivity contribution < 1.29 is 24.2 Å². The fourth-order valence-electron chi connectivity index (χ4n) is 1.23. The maximum Gasteiger partial charge on any atom is 0.326 e. The van der Waals surface area contributed by atoms with Crippen molar-refractivity contribution in [1.82, 2.24) is 10.6 Å². The zero-order valence-electron chi connectivity index (χ0n) is 10.7. The van der Waals surface area contributed by atoms with Crippen LogP contribution in [-0.2, 0) is 19.1 Å². The number of carbonyl (C=O) groups is 3. The number of carbonyl (C=O) groups excluding carboxylic acids is 2. The lowest BCUT2D eigenvalue weighted by Crippen LogP contribution is -2.45. The molecule has 0 aliphatic rings. The average Bonchev–Trinajstić information content (AvgIpc) is 2.32. The second-order valence-corrected chi connectivity index (χ2v) is 3.77. The first-order valence-electron chi connectivity index (χ1n) is 5.79. The highest BCUT2D eigenvalue weighted by molar-refractivity contribution is 5.87. The average molecular weight is 260 g/mol. The molecular weight excluding hydrogens is 240 g/mol. The Labute approximate surface area is 106 Å². The summed E-state index contributed by atoms with van der Waals surface area (Å²) in [6, 6.07) is -1.000. The van der Waals surface area contributed by atoms with E-state index in [-0.39, 0.29) is 25.5 Å². The van der Waals surface area contributed by atoms with Crippen LogP contribution in [0.2, 0.25) is 0 Å². The summed E-state index contributed by atoms with van der Waals surface area (Å²) >= 11 is 0. The zero-order valence-corrected chi connectivity index (χ0v) is 10.7. The summed E-state index contributed by atoms with van der Waals surface area (Å²) in [4.78, 5) is 33.3. The molecule has 1 unspecified atom stereocenters. The van der Waals surface area contributed by atoms with Crippen LogP contribution in [0.3, 0.4) is 0 Å². The minimum Gasteiger partial charge on any atom is -0.480 e. The second kappa shape index (κ2) is 9.41. The molecule has 0 aromatic carbocycles. The number of hydrogen-bond acceptors (Lipinski definition) is 4. The lowest BCUT2D eigenvalue weighted by Gasteiger charge is -2.14. The van der Waals surface area contributed by atoms with Gasteiger partial charge in [-0.3, -0.25) is 9.59 Å². The lowest BCUT2D eigenvalue weighted by atomic mass is 10.2. The third-order valence-electron chi connectivity index (χ3n) is 2.17. The molecule has 0 aromatic rings. The van der Waals surface area contributed by atoms with E-state index in [0.29, 0.717) is 12.8 Å². The molecule has 104 valence electrons. The molecule has 0 saturated carbocycles. The van der Waals surface area contributed by atoms with Gasteiger partial charge in [-0.1, -0.05) is 6.92 Å². The zero-order chi connectivity index (χ0) is 14.0. The van der Waals surface area contributed by atoms with Crippen LogP contribution in [-0.4, -0.2) is 49.2 Å². The molecule has 0 radical (unpaired) electrons. The van der Waals surface area contributed by atoms with Gasteiger partial charge in [0.15, 0.2) is 0 Å². The number of methoxy groups -OCH3 is 1. The molecule has 0 saturated heterocycles. The minimum absolute atomic E-state index is 0.181. The highest BCUT2D eigenvalue weighted by atomic mass is 16.5. The van der Waals surface area contributed by atoms with Crippen LogP contribution in [0, 0.1) is 0 Å². The largest absolute Gasteiger partial charge is 0.480 e. The van der Waals surface area contributed by atoms with Gasteiger partial charge < -0.3 is 20.5 Å². The molecule has 0 aliphatic carbocycles. The lowest BCUT2D eigenvalue weighted by molar-refractivity contribution is -0.142. The van der Waals surface area contributed by atoms with Gasteiger partial charge in [-0.25, -0.2) is 4.79 Å². The minimum atomic E-state index is -1.12. The van der Waals surface area contributed by atoms with E-state index in [4.69, 9.17) is 9.84 Å². The summed E-state index contributed by atoms with van der Waals surface area (Å²) in [5.74, 6) is -1.88. The molecule has 0 fully saturated rings. The van der Waals surface area contributed by atoms with Gasteiger partial charge in [0, 0.05) is 26.6 Å². The predicted molar refractivity (Wildman–Crippen MR) is 64.0 cm³/mol. The number of hydrogen-bond donors (Lipinski definition) is 3. The Kier molecular flexibility index (Phi) is 8.55. The van der Waals surface area contributed by atoms with Crippen molar-refractivity contribution in [1.29, 1.82) is 0 Å². The first-order chi connectivity index (χ1) is 8.51. The highest BCUT2D eigenvalue weighted by Gasteiger charge is 2.19. The molecule has 7 nitrogen and oxygen atoms in total. The SMILES string of the molecule is CCCC(=O)NCC(=O)NC(CCOC)C(=O)O. The van der Waals surface area contributed by atoms with Crippen LogP contribution >= 0.6 is 0 Å². The molecule has 0 rings (SSSR count). The first kappa shape index (κ1) is 16.4. The van der Waals surface area contributed by atoms with Crippen molar-refractivity contribution in [2.75, 3.05) is 20.3 Å². The first-order valence-corrected chi connectivity index (χ1v) is 5.79. The smallest absolute Gasteiger partial charge is 0.326 e. The topological polar surface area (TPSA) is 105 Å². The van der Waals surface area contributed by atoms with Crippen molar-refractivity contribution in [3.63, 3.8) is 0 Å². The Morgan fingerprint density at radius 3 is 2.44 bits per heavy atom. The Morgan fingerprint density at radius 1 is 1.28 bits per heavy atom. The summed E-state index contributed by atoms with van der Waals surface area (Å²) in [6.07, 6.45) is 1.22. The van der Waals surface area contributed by atoms with Gasteiger partial charge in [-0.15, -0.1) is 0 Å². The molecular formula is C11H20N2O5. The monoisotopic (exact) mass is 260 g/mol. The van der Waals surface area contributed by atoms with Gasteiger partial charge in [0.05, 0.1) is 6.54 Å². The van der Waals surface area contributed by atoms with E-state index in [1.807, 2.05) is 6.92 Å². The van der Waals surface area contributed by atoms with Gasteiger partial charge in [-0.2, -0.15) is 0 Å². The Hall–Kier alpha value is -1.63. The summed E-state index contributed by atoms with van der Waals surface area (Å²) in [5, 5.41) is 13.6. The number of aliphatic carboxylic acids is 1. The van der Waals surface area contributed by atoms with E-state index in [9.17, 15) is 14.4 Å². The maximum absolute atomic E-state index is 11.4. The molecule has 2 amide bonds. The van der Waals surface area contributed by atoms with E-state index < -0.39 is 17.9 Å². The van der Waals surface area contributed by atoms with Crippen molar-refractivity contribution in [2.24, 2.45) is 0 Å². The number of carboxylic acid groups (broad SMARTS) is 1. The summed E-state index contributed by atoms with van der Waals surface area (Å²) in [5.41, 5.74) is 0. The third kappa shape index (κ3) is 7.61. The van der Waals surface area contributed by atoms with Gasteiger partial charge in [0.2, 0.25) is 11.8 Å². The maximum atomic E-state index is 11.4. The standard InChI is InChI=1S/C11H20N2O5/c1-3-4-9(14)12-7-10(15)13-8(11(16)17)5-6-18-2/h8H,3-7H2,1-2H3,(H,12,14)(H,13,15)(H,16,17). The van der Waals surface area contributed by atoms with E-state index in [0.717, 1.165) is 0 Å². The van der Waals surface area contributed by atoms with Crippen molar-refractivity contribution in [3.8, 4) is 0 Å². The molecule has 1 atom stereocenters. The molecule has 0 aromatic heterocycles. The van der Waals surface area contributed by atoms with Gasteiger partial charge in [0.25, 0.3) is 0 Å². The van der Waals surface area contributed by atoms with Crippen LogP contribution in [0.1, 0.15) is 26.2 Å². The Bertz CT molecular complexity index is 293. The Morgan fingerprint density at radius 2 is 1.94 bits per heavy atom. The molecule has 0 spiro atoms. The fraction of sp³-hybridized carbons (Fsp3) is 0.727. The quantitative estimate of drug-likeness (QED) is 0.519. The number of carboxylic acids is 1. The highest BCUT2D eigenvalue weighted by Crippen LogP contribution is 1.93. The van der Waals surface area contributed by atoms with Crippen LogP contribution in [0.4, 0.5) is 0 Å². The fourth-order valence-corrected chi connectivity index (χ4v) is 1.23. The van der Waals surface area contributed by atoms with E-state index >= 15 is 0 Å². The summed E-state index contributed by atoms with van der Waals surface area (Å²) in [6.45, 7) is 1.87. The van der Waals surface area contributed by atoms with Crippen LogP contribution in [0.25, 0.3) is 0 Å². The molecule has 18 heavy (non-hydrogen) atoms.